The highest BCUT2D eigenvalue weighted by Crippen LogP contribution is 2.40. The molecule has 0 radical (unpaired) electrons. The fourth-order valence-corrected chi connectivity index (χ4v) is 7.27. The smallest absolute Gasteiger partial charge is 0.271 e. The van der Waals surface area contributed by atoms with Gasteiger partial charge in [0.05, 0.1) is 6.20 Å². The molecular formula is C36H45N7O3. The van der Waals surface area contributed by atoms with Crippen molar-refractivity contribution in [2.45, 2.75) is 88.3 Å². The maximum absolute atomic E-state index is 13.0. The van der Waals surface area contributed by atoms with Gasteiger partial charge in [0.2, 0.25) is 0 Å². The van der Waals surface area contributed by atoms with Crippen LogP contribution in [0.25, 0.3) is 0 Å². The van der Waals surface area contributed by atoms with Crippen molar-refractivity contribution in [2.75, 3.05) is 36.4 Å². The van der Waals surface area contributed by atoms with E-state index in [2.05, 4.69) is 37.6 Å². The molecule has 4 aliphatic rings. The van der Waals surface area contributed by atoms with Gasteiger partial charge in [0.1, 0.15) is 17.7 Å². The second-order valence-corrected chi connectivity index (χ2v) is 13.4. The molecule has 0 spiro atoms. The summed E-state index contributed by atoms with van der Waals surface area (Å²) < 4.78 is 6.32. The molecule has 2 amide bonds. The molecule has 2 saturated heterocycles. The van der Waals surface area contributed by atoms with Crippen molar-refractivity contribution in [3.8, 4) is 5.75 Å². The highest BCUT2D eigenvalue weighted by atomic mass is 16.5. The van der Waals surface area contributed by atoms with Crippen molar-refractivity contribution in [1.82, 2.24) is 20.2 Å². The quantitative estimate of drug-likeness (QED) is 0.275. The number of carbonyl (C=O) groups excluding carboxylic acids is 2. The zero-order valence-electron chi connectivity index (χ0n) is 26.5. The average Bonchev–Trinajstić information content (AvgIpc) is 3.79. The molecule has 7 rings (SSSR count). The summed E-state index contributed by atoms with van der Waals surface area (Å²) in [6.45, 7) is 3.59. The van der Waals surface area contributed by atoms with Gasteiger partial charge in [-0.3, -0.25) is 9.59 Å². The molecule has 1 atom stereocenters. The Morgan fingerprint density at radius 1 is 0.848 bits per heavy atom. The maximum atomic E-state index is 13.0. The van der Waals surface area contributed by atoms with Gasteiger partial charge in [-0.05, 0) is 99.2 Å². The van der Waals surface area contributed by atoms with Crippen molar-refractivity contribution in [2.24, 2.45) is 5.73 Å². The zero-order chi connectivity index (χ0) is 31.5. The number of likely N-dealkylation sites (tertiary alicyclic amines) is 1. The lowest BCUT2D eigenvalue weighted by atomic mass is 10.0. The zero-order valence-corrected chi connectivity index (χ0v) is 26.5. The summed E-state index contributed by atoms with van der Waals surface area (Å²) >= 11 is 0. The number of carbonyl (C=O) groups is 2. The summed E-state index contributed by atoms with van der Waals surface area (Å²) in [5, 5.41) is 6.45. The number of piperidine rings is 2. The molecule has 2 aromatic carbocycles. The summed E-state index contributed by atoms with van der Waals surface area (Å²) in [7, 11) is 0. The predicted octanol–water partition coefficient (Wildman–Crippen LogP) is 5.38. The van der Waals surface area contributed by atoms with Crippen molar-refractivity contribution >= 4 is 29.1 Å². The molecule has 10 nitrogen and oxygen atoms in total. The van der Waals surface area contributed by atoms with Gasteiger partial charge >= 0.3 is 0 Å². The van der Waals surface area contributed by atoms with Crippen LogP contribution in [0.15, 0.2) is 54.7 Å². The Kier molecular flexibility index (Phi) is 9.05. The van der Waals surface area contributed by atoms with Crippen LogP contribution in [-0.4, -0.2) is 71.0 Å². The van der Waals surface area contributed by atoms with Crippen molar-refractivity contribution in [1.29, 1.82) is 0 Å². The summed E-state index contributed by atoms with van der Waals surface area (Å²) in [4.78, 5) is 39.2. The molecular weight excluding hydrogens is 578 g/mol. The monoisotopic (exact) mass is 623 g/mol. The topological polar surface area (TPSA) is 126 Å². The number of ether oxygens (including phenoxy) is 1. The van der Waals surface area contributed by atoms with Gasteiger partial charge in [-0.15, -0.1) is 0 Å². The minimum Gasteiger partial charge on any atom is -0.490 e. The van der Waals surface area contributed by atoms with Crippen molar-refractivity contribution < 1.29 is 14.3 Å². The average molecular weight is 624 g/mol. The van der Waals surface area contributed by atoms with Gasteiger partial charge in [-0.1, -0.05) is 25.0 Å². The molecule has 3 aromatic rings. The first-order chi connectivity index (χ1) is 22.5. The Labute approximate surface area is 271 Å². The Morgan fingerprint density at radius 2 is 1.59 bits per heavy atom. The SMILES string of the molecule is NC(=O)c1ncc(N2CCC[C@@H](NC(=O)c3ccc(C4CC4)cc3)C2)nc1Nc1ccc(OC2CCN(C3CCCC3)CC2)cc1. The second kappa shape index (κ2) is 13.7. The molecule has 10 heteroatoms. The standard InChI is InChI=1S/C36H45N7O3/c37-34(44)33-35(39-27-13-15-30(16-14-27)46-31-17-20-42(21-18-31)29-5-1-2-6-29)41-32(22-38-33)43-19-3-4-28(23-43)40-36(45)26-11-9-25(10-12-26)24-7-8-24/h9-16,22,24,28-29,31H,1-8,17-21,23H2,(H2,37,44)(H,39,41)(H,40,45)/t28-/m1/s1. The third kappa shape index (κ3) is 7.28. The van der Waals surface area contributed by atoms with Gasteiger partial charge in [-0.25, -0.2) is 9.97 Å². The summed E-state index contributed by atoms with van der Waals surface area (Å²) in [5.74, 6) is 1.72. The molecule has 1 aromatic heterocycles. The fraction of sp³-hybridized carbons (Fsp3) is 0.500. The largest absolute Gasteiger partial charge is 0.490 e. The Bertz CT molecular complexity index is 1510. The third-order valence-electron chi connectivity index (χ3n) is 10.0. The van der Waals surface area contributed by atoms with Gasteiger partial charge in [0.15, 0.2) is 11.5 Å². The summed E-state index contributed by atoms with van der Waals surface area (Å²) in [6.07, 6.45) is 13.6. The number of nitrogens with one attached hydrogen (secondary N) is 2. The number of anilines is 3. The lowest BCUT2D eigenvalue weighted by Crippen LogP contribution is -2.48. The van der Waals surface area contributed by atoms with Gasteiger partial charge in [0.25, 0.3) is 11.8 Å². The van der Waals surface area contributed by atoms with Crippen LogP contribution in [0.5, 0.6) is 5.75 Å². The molecule has 2 aliphatic carbocycles. The Balaban J connectivity index is 0.961. The number of hydrogen-bond acceptors (Lipinski definition) is 8. The molecule has 3 heterocycles. The van der Waals surface area contributed by atoms with Crippen LogP contribution >= 0.6 is 0 Å². The molecule has 46 heavy (non-hydrogen) atoms. The summed E-state index contributed by atoms with van der Waals surface area (Å²) in [6, 6.07) is 16.5. The van der Waals surface area contributed by atoms with E-state index >= 15 is 0 Å². The second-order valence-electron chi connectivity index (χ2n) is 13.4. The van der Waals surface area contributed by atoms with Crippen LogP contribution in [-0.2, 0) is 0 Å². The number of primary amides is 1. The third-order valence-corrected chi connectivity index (χ3v) is 10.0. The highest BCUT2D eigenvalue weighted by Gasteiger charge is 2.28. The van der Waals surface area contributed by atoms with E-state index in [-0.39, 0.29) is 23.7 Å². The van der Waals surface area contributed by atoms with Crippen LogP contribution in [0.2, 0.25) is 0 Å². The van der Waals surface area contributed by atoms with E-state index in [0.717, 1.165) is 62.8 Å². The lowest BCUT2D eigenvalue weighted by molar-refractivity contribution is 0.0768. The number of benzene rings is 2. The van der Waals surface area contributed by atoms with Crippen LogP contribution < -0.4 is 26.0 Å². The molecule has 2 aliphatic heterocycles. The van der Waals surface area contributed by atoms with Crippen molar-refractivity contribution in [3.05, 3.63) is 71.5 Å². The molecule has 2 saturated carbocycles. The van der Waals surface area contributed by atoms with E-state index < -0.39 is 5.91 Å². The van der Waals surface area contributed by atoms with Crippen LogP contribution in [0, 0.1) is 0 Å². The highest BCUT2D eigenvalue weighted by molar-refractivity contribution is 5.96. The van der Waals surface area contributed by atoms with E-state index in [1.54, 1.807) is 6.20 Å². The minimum atomic E-state index is -0.651. The lowest BCUT2D eigenvalue weighted by Gasteiger charge is -2.36. The molecule has 242 valence electrons. The van der Waals surface area contributed by atoms with E-state index in [0.29, 0.717) is 29.7 Å². The molecule has 0 bridgehead atoms. The molecule has 0 unspecified atom stereocenters. The molecule has 4 fully saturated rings. The first-order valence-corrected chi connectivity index (χ1v) is 17.1. The Hall–Kier alpha value is -4.18. The minimum absolute atomic E-state index is 0.0270. The normalized spacial score (nSPS) is 21.2. The van der Waals surface area contributed by atoms with E-state index in [9.17, 15) is 9.59 Å². The van der Waals surface area contributed by atoms with Crippen LogP contribution in [0.3, 0.4) is 0 Å². The van der Waals surface area contributed by atoms with Gasteiger partial charge < -0.3 is 30.9 Å². The predicted molar refractivity (Wildman–Crippen MR) is 179 cm³/mol. The maximum Gasteiger partial charge on any atom is 0.271 e. The number of hydrogen-bond donors (Lipinski definition) is 3. The van der Waals surface area contributed by atoms with Gasteiger partial charge in [0, 0.05) is 49.5 Å². The Morgan fingerprint density at radius 3 is 2.28 bits per heavy atom. The number of amides is 2. The number of rotatable bonds is 10. The number of nitrogens with two attached hydrogens (primary N) is 1. The fourth-order valence-electron chi connectivity index (χ4n) is 7.27. The van der Waals surface area contributed by atoms with Gasteiger partial charge in [-0.2, -0.15) is 0 Å². The molecule has 4 N–H and O–H groups in total. The van der Waals surface area contributed by atoms with Crippen molar-refractivity contribution in [3.63, 3.8) is 0 Å². The number of nitrogens with zero attached hydrogens (tertiary/aromatic N) is 4. The van der Waals surface area contributed by atoms with E-state index in [4.69, 9.17) is 15.5 Å². The van der Waals surface area contributed by atoms with E-state index in [1.165, 1.54) is 44.1 Å². The number of aromatic nitrogens is 2. The first kappa shape index (κ1) is 30.5. The van der Waals surface area contributed by atoms with E-state index in [1.807, 2.05) is 36.4 Å². The van der Waals surface area contributed by atoms with Crippen LogP contribution in [0.1, 0.15) is 96.5 Å². The van der Waals surface area contributed by atoms with Crippen LogP contribution in [0.4, 0.5) is 17.3 Å². The first-order valence-electron chi connectivity index (χ1n) is 17.1. The summed E-state index contributed by atoms with van der Waals surface area (Å²) in [5.41, 5.74) is 8.50.